The summed E-state index contributed by atoms with van der Waals surface area (Å²) in [5, 5.41) is 8.50. The van der Waals surface area contributed by atoms with Gasteiger partial charge in [-0.1, -0.05) is 0 Å². The first-order valence-electron chi connectivity index (χ1n) is 8.49. The third kappa shape index (κ3) is 2.67. The first-order valence-corrected chi connectivity index (χ1v) is 8.49. The molecule has 1 atom stereocenters. The Bertz CT molecular complexity index is 942. The number of carbonyl (C=O) groups excluding carboxylic acids is 1. The summed E-state index contributed by atoms with van der Waals surface area (Å²) in [6.07, 6.45) is 5.17. The van der Waals surface area contributed by atoms with Crippen LogP contribution >= 0.6 is 0 Å². The maximum absolute atomic E-state index is 12.9. The van der Waals surface area contributed by atoms with E-state index in [2.05, 4.69) is 26.2 Å². The van der Waals surface area contributed by atoms with E-state index in [9.17, 15) is 4.79 Å². The number of aryl methyl sites for hydroxylation is 2. The molecule has 0 saturated carbocycles. The standard InChI is InChI=1S/C17H21N7O/c1-11-7-15(24-17(21-11)18-10-20-24)13-5-4-6-23(9-13)16(25)14-8-19-22(3)12(14)2/h7-8,10,13H,4-6,9H2,1-3H3. The zero-order valence-electron chi connectivity index (χ0n) is 14.7. The highest BCUT2D eigenvalue weighted by atomic mass is 16.2. The molecule has 0 radical (unpaired) electrons. The number of hydrogen-bond acceptors (Lipinski definition) is 5. The average Bonchev–Trinajstić information content (AvgIpc) is 3.21. The number of amides is 1. The quantitative estimate of drug-likeness (QED) is 0.707. The van der Waals surface area contributed by atoms with Crippen LogP contribution in [0.4, 0.5) is 0 Å². The summed E-state index contributed by atoms with van der Waals surface area (Å²) in [5.74, 6) is 0.887. The first-order chi connectivity index (χ1) is 12.0. The van der Waals surface area contributed by atoms with Crippen LogP contribution in [0.5, 0.6) is 0 Å². The summed E-state index contributed by atoms with van der Waals surface area (Å²) in [6, 6.07) is 2.05. The van der Waals surface area contributed by atoms with E-state index in [0.717, 1.165) is 36.5 Å². The van der Waals surface area contributed by atoms with Crippen LogP contribution in [0.1, 0.15) is 46.2 Å². The second-order valence-corrected chi connectivity index (χ2v) is 6.65. The Balaban J connectivity index is 1.63. The normalized spacial score (nSPS) is 18.0. The van der Waals surface area contributed by atoms with Gasteiger partial charge in [0, 0.05) is 37.4 Å². The van der Waals surface area contributed by atoms with Crippen molar-refractivity contribution in [1.29, 1.82) is 0 Å². The zero-order valence-corrected chi connectivity index (χ0v) is 14.7. The van der Waals surface area contributed by atoms with Crippen molar-refractivity contribution in [2.45, 2.75) is 32.6 Å². The van der Waals surface area contributed by atoms with Crippen LogP contribution in [0.15, 0.2) is 18.6 Å². The van der Waals surface area contributed by atoms with Gasteiger partial charge in [-0.2, -0.15) is 15.2 Å². The van der Waals surface area contributed by atoms with E-state index < -0.39 is 0 Å². The molecule has 0 aliphatic carbocycles. The van der Waals surface area contributed by atoms with E-state index in [4.69, 9.17) is 0 Å². The van der Waals surface area contributed by atoms with Gasteiger partial charge in [0.2, 0.25) is 0 Å². The molecule has 3 aromatic rings. The Morgan fingerprint density at radius 3 is 2.88 bits per heavy atom. The number of fused-ring (bicyclic) bond motifs is 1. The van der Waals surface area contributed by atoms with Crippen molar-refractivity contribution in [2.24, 2.45) is 7.05 Å². The van der Waals surface area contributed by atoms with Crippen molar-refractivity contribution in [1.82, 2.24) is 34.3 Å². The molecule has 25 heavy (non-hydrogen) atoms. The first kappa shape index (κ1) is 15.7. The summed E-state index contributed by atoms with van der Waals surface area (Å²) >= 11 is 0. The fraction of sp³-hybridized carbons (Fsp3) is 0.471. The van der Waals surface area contributed by atoms with E-state index in [-0.39, 0.29) is 11.8 Å². The minimum absolute atomic E-state index is 0.0518. The Morgan fingerprint density at radius 1 is 1.28 bits per heavy atom. The number of aromatic nitrogens is 6. The molecule has 1 saturated heterocycles. The smallest absolute Gasteiger partial charge is 0.257 e. The SMILES string of the molecule is Cc1cc(C2CCCN(C(=O)c3cnn(C)c3C)C2)n2ncnc2n1. The summed E-state index contributed by atoms with van der Waals surface area (Å²) in [5.41, 5.74) is 3.56. The third-order valence-corrected chi connectivity index (χ3v) is 5.00. The van der Waals surface area contributed by atoms with Crippen LogP contribution in [0.25, 0.3) is 5.78 Å². The number of rotatable bonds is 2. The van der Waals surface area contributed by atoms with Gasteiger partial charge in [-0.25, -0.2) is 9.50 Å². The molecule has 1 aliphatic rings. The van der Waals surface area contributed by atoms with E-state index in [1.807, 2.05) is 25.8 Å². The molecule has 3 aromatic heterocycles. The molecule has 1 unspecified atom stereocenters. The van der Waals surface area contributed by atoms with E-state index in [1.54, 1.807) is 15.4 Å². The van der Waals surface area contributed by atoms with Crippen LogP contribution in [0, 0.1) is 13.8 Å². The van der Waals surface area contributed by atoms with Crippen LogP contribution in [-0.4, -0.2) is 53.3 Å². The number of piperidine rings is 1. The van der Waals surface area contributed by atoms with Gasteiger partial charge in [0.1, 0.15) is 6.33 Å². The molecule has 1 amide bonds. The van der Waals surface area contributed by atoms with Crippen LogP contribution in [0.2, 0.25) is 0 Å². The second-order valence-electron chi connectivity index (χ2n) is 6.65. The van der Waals surface area contributed by atoms with E-state index in [1.165, 1.54) is 6.33 Å². The van der Waals surface area contributed by atoms with Crippen molar-refractivity contribution < 1.29 is 4.79 Å². The molecule has 130 valence electrons. The summed E-state index contributed by atoms with van der Waals surface area (Å²) in [7, 11) is 1.85. The lowest BCUT2D eigenvalue weighted by molar-refractivity contribution is 0.0704. The minimum Gasteiger partial charge on any atom is -0.338 e. The fourth-order valence-corrected chi connectivity index (χ4v) is 3.53. The van der Waals surface area contributed by atoms with Gasteiger partial charge in [0.05, 0.1) is 17.5 Å². The van der Waals surface area contributed by atoms with Crippen molar-refractivity contribution in [3.8, 4) is 0 Å². The second kappa shape index (κ2) is 5.94. The lowest BCUT2D eigenvalue weighted by Crippen LogP contribution is -2.39. The largest absolute Gasteiger partial charge is 0.338 e. The van der Waals surface area contributed by atoms with Gasteiger partial charge in [-0.3, -0.25) is 9.48 Å². The average molecular weight is 339 g/mol. The minimum atomic E-state index is 0.0518. The Hall–Kier alpha value is -2.77. The van der Waals surface area contributed by atoms with Crippen molar-refractivity contribution in [2.75, 3.05) is 13.1 Å². The fourth-order valence-electron chi connectivity index (χ4n) is 3.53. The van der Waals surface area contributed by atoms with Gasteiger partial charge in [0.15, 0.2) is 0 Å². The summed E-state index contributed by atoms with van der Waals surface area (Å²) < 4.78 is 3.53. The molecule has 0 bridgehead atoms. The van der Waals surface area contributed by atoms with Crippen LogP contribution in [-0.2, 0) is 7.05 Å². The van der Waals surface area contributed by atoms with Gasteiger partial charge < -0.3 is 4.90 Å². The van der Waals surface area contributed by atoms with Crippen molar-refractivity contribution >= 4 is 11.7 Å². The Kier molecular flexibility index (Phi) is 3.74. The number of hydrogen-bond donors (Lipinski definition) is 0. The molecule has 0 aromatic carbocycles. The van der Waals surface area contributed by atoms with Crippen LogP contribution < -0.4 is 0 Å². The van der Waals surface area contributed by atoms with Gasteiger partial charge in [-0.15, -0.1) is 0 Å². The maximum atomic E-state index is 12.9. The highest BCUT2D eigenvalue weighted by Gasteiger charge is 2.29. The molecule has 8 nitrogen and oxygen atoms in total. The monoisotopic (exact) mass is 339 g/mol. The highest BCUT2D eigenvalue weighted by molar-refractivity contribution is 5.95. The van der Waals surface area contributed by atoms with E-state index in [0.29, 0.717) is 17.9 Å². The predicted molar refractivity (Wildman–Crippen MR) is 91.3 cm³/mol. The maximum Gasteiger partial charge on any atom is 0.257 e. The highest BCUT2D eigenvalue weighted by Crippen LogP contribution is 2.28. The Morgan fingerprint density at radius 2 is 2.12 bits per heavy atom. The predicted octanol–water partition coefficient (Wildman–Crippen LogP) is 1.49. The van der Waals surface area contributed by atoms with E-state index >= 15 is 0 Å². The molecule has 1 aliphatic heterocycles. The molecule has 8 heteroatoms. The molecule has 1 fully saturated rings. The lowest BCUT2D eigenvalue weighted by atomic mass is 9.93. The zero-order chi connectivity index (χ0) is 17.6. The number of likely N-dealkylation sites (tertiary alicyclic amines) is 1. The van der Waals surface area contributed by atoms with Gasteiger partial charge in [-0.05, 0) is 32.8 Å². The number of carbonyl (C=O) groups is 1. The number of nitrogens with zero attached hydrogens (tertiary/aromatic N) is 7. The molecule has 0 spiro atoms. The van der Waals surface area contributed by atoms with Crippen molar-refractivity contribution in [3.05, 3.63) is 41.2 Å². The third-order valence-electron chi connectivity index (χ3n) is 5.00. The summed E-state index contributed by atoms with van der Waals surface area (Å²) in [6.45, 7) is 5.33. The topological polar surface area (TPSA) is 81.2 Å². The van der Waals surface area contributed by atoms with Crippen LogP contribution in [0.3, 0.4) is 0 Å². The molecule has 0 N–H and O–H groups in total. The van der Waals surface area contributed by atoms with Gasteiger partial charge in [0.25, 0.3) is 11.7 Å². The Labute approximate surface area is 145 Å². The summed E-state index contributed by atoms with van der Waals surface area (Å²) in [4.78, 5) is 23.4. The molecule has 4 heterocycles. The molecular formula is C17H21N7O. The lowest BCUT2D eigenvalue weighted by Gasteiger charge is -2.33. The van der Waals surface area contributed by atoms with Gasteiger partial charge >= 0.3 is 0 Å². The van der Waals surface area contributed by atoms with Crippen molar-refractivity contribution in [3.63, 3.8) is 0 Å². The molecule has 4 rings (SSSR count). The molecular weight excluding hydrogens is 318 g/mol.